The normalized spacial score (nSPS) is 19.4. The fraction of sp³-hybridized carbons (Fsp3) is 0.400. The van der Waals surface area contributed by atoms with Crippen molar-refractivity contribution in [2.45, 2.75) is 31.7 Å². The van der Waals surface area contributed by atoms with Crippen molar-refractivity contribution in [3.63, 3.8) is 0 Å². The lowest BCUT2D eigenvalue weighted by Crippen LogP contribution is -2.44. The van der Waals surface area contributed by atoms with Gasteiger partial charge in [0.2, 0.25) is 5.91 Å². The van der Waals surface area contributed by atoms with E-state index in [0.717, 1.165) is 42.9 Å². The summed E-state index contributed by atoms with van der Waals surface area (Å²) in [7, 11) is 0. The summed E-state index contributed by atoms with van der Waals surface area (Å²) in [5.74, 6) is 0.845. The lowest BCUT2D eigenvalue weighted by Gasteiger charge is -2.32. The van der Waals surface area contributed by atoms with Gasteiger partial charge in [0.05, 0.1) is 18.8 Å². The van der Waals surface area contributed by atoms with Gasteiger partial charge in [-0.1, -0.05) is 12.1 Å². The number of hydrogen-bond donors (Lipinski definition) is 1. The number of rotatable bonds is 8. The predicted octanol–water partition coefficient (Wildman–Crippen LogP) is 4.15. The Bertz CT molecular complexity index is 1100. The zero-order valence-corrected chi connectivity index (χ0v) is 20.5. The van der Waals surface area contributed by atoms with E-state index >= 15 is 0 Å². The molecule has 1 atom stereocenters. The largest absolute Gasteiger partial charge is 0.463 e. The van der Waals surface area contributed by atoms with E-state index in [1.54, 1.807) is 33.9 Å². The molecule has 34 heavy (non-hydrogen) atoms. The van der Waals surface area contributed by atoms with Crippen molar-refractivity contribution in [2.75, 3.05) is 26.2 Å². The van der Waals surface area contributed by atoms with Gasteiger partial charge in [0.15, 0.2) is 0 Å². The highest BCUT2D eigenvalue weighted by Crippen LogP contribution is 2.35. The van der Waals surface area contributed by atoms with E-state index in [4.69, 9.17) is 4.42 Å². The third-order valence-electron chi connectivity index (χ3n) is 6.41. The molecule has 1 saturated heterocycles. The number of amides is 2. The molecule has 1 unspecified atom stereocenters. The van der Waals surface area contributed by atoms with Crippen molar-refractivity contribution in [3.05, 3.63) is 68.9 Å². The maximum absolute atomic E-state index is 13.3. The Kier molecular flexibility index (Phi) is 7.22. The molecule has 0 aliphatic carbocycles. The van der Waals surface area contributed by atoms with Gasteiger partial charge in [0, 0.05) is 28.6 Å². The number of likely N-dealkylation sites (tertiary alicyclic amines) is 1. The second kappa shape index (κ2) is 10.7. The van der Waals surface area contributed by atoms with Crippen LogP contribution in [0.3, 0.4) is 0 Å². The lowest BCUT2D eigenvalue weighted by molar-refractivity contribution is -0.134. The van der Waals surface area contributed by atoms with Gasteiger partial charge in [-0.15, -0.1) is 22.7 Å². The molecule has 178 valence electrons. The molecule has 0 spiro atoms. The van der Waals surface area contributed by atoms with Crippen LogP contribution < -0.4 is 5.32 Å². The average Bonchev–Trinajstić information content (AvgIpc) is 3.65. The summed E-state index contributed by atoms with van der Waals surface area (Å²) in [6, 6.07) is 11.8. The molecule has 7 nitrogen and oxygen atoms in total. The minimum Gasteiger partial charge on any atom is -0.463 e. The number of nitrogens with one attached hydrogen (secondary N) is 1. The predicted molar refractivity (Wildman–Crippen MR) is 134 cm³/mol. The Morgan fingerprint density at radius 1 is 1.09 bits per heavy atom. The summed E-state index contributed by atoms with van der Waals surface area (Å²) in [5, 5.41) is 13.5. The molecular formula is C25H28N4O3S2. The molecule has 1 N–H and O–H groups in total. The first-order valence-corrected chi connectivity index (χ1v) is 13.4. The molecule has 3 aromatic heterocycles. The van der Waals surface area contributed by atoms with Crippen molar-refractivity contribution in [1.82, 2.24) is 15.2 Å². The van der Waals surface area contributed by atoms with Gasteiger partial charge in [-0.2, -0.15) is 5.10 Å². The molecule has 9 heteroatoms. The van der Waals surface area contributed by atoms with Crippen molar-refractivity contribution in [2.24, 2.45) is 11.0 Å². The van der Waals surface area contributed by atoms with E-state index < -0.39 is 0 Å². The third kappa shape index (κ3) is 5.32. The highest BCUT2D eigenvalue weighted by Gasteiger charge is 2.36. The van der Waals surface area contributed by atoms with Crippen LogP contribution in [-0.2, 0) is 16.0 Å². The van der Waals surface area contributed by atoms with E-state index in [9.17, 15) is 9.59 Å². The van der Waals surface area contributed by atoms with Crippen LogP contribution in [0.1, 0.15) is 40.8 Å². The van der Waals surface area contributed by atoms with Crippen molar-refractivity contribution >= 4 is 40.2 Å². The molecule has 2 amide bonds. The monoisotopic (exact) mass is 496 g/mol. The summed E-state index contributed by atoms with van der Waals surface area (Å²) in [6.07, 6.45) is 4.69. The zero-order chi connectivity index (χ0) is 23.3. The molecule has 0 saturated carbocycles. The van der Waals surface area contributed by atoms with Crippen LogP contribution in [0.4, 0.5) is 0 Å². The molecule has 2 aliphatic heterocycles. The summed E-state index contributed by atoms with van der Waals surface area (Å²) in [6.45, 7) is 2.46. The van der Waals surface area contributed by atoms with Gasteiger partial charge in [-0.3, -0.25) is 14.5 Å². The minimum atomic E-state index is -0.0979. The molecule has 0 radical (unpaired) electrons. The van der Waals surface area contributed by atoms with Crippen LogP contribution in [0.15, 0.2) is 62.9 Å². The highest BCUT2D eigenvalue weighted by atomic mass is 32.1. The van der Waals surface area contributed by atoms with Crippen LogP contribution in [0.2, 0.25) is 0 Å². The third-order valence-corrected chi connectivity index (χ3v) is 8.32. The summed E-state index contributed by atoms with van der Waals surface area (Å²) >= 11 is 3.36. The molecule has 0 bridgehead atoms. The topological polar surface area (TPSA) is 78.2 Å². The molecule has 3 aromatic rings. The number of piperidine rings is 1. The Hall–Kier alpha value is -2.75. The zero-order valence-electron chi connectivity index (χ0n) is 18.9. The summed E-state index contributed by atoms with van der Waals surface area (Å²) < 4.78 is 5.53. The number of furan rings is 1. The van der Waals surface area contributed by atoms with Crippen molar-refractivity contribution in [3.8, 4) is 0 Å². The van der Waals surface area contributed by atoms with Gasteiger partial charge < -0.3 is 9.73 Å². The van der Waals surface area contributed by atoms with E-state index in [-0.39, 0.29) is 23.8 Å². The molecule has 1 fully saturated rings. The van der Waals surface area contributed by atoms with Crippen LogP contribution in [0.25, 0.3) is 0 Å². The van der Waals surface area contributed by atoms with Crippen molar-refractivity contribution < 1.29 is 14.0 Å². The molecule has 5 rings (SSSR count). The van der Waals surface area contributed by atoms with Crippen LogP contribution in [0.5, 0.6) is 0 Å². The fourth-order valence-electron chi connectivity index (χ4n) is 4.56. The smallest absolute Gasteiger partial charge is 0.257 e. The highest BCUT2D eigenvalue weighted by molar-refractivity contribution is 7.10. The van der Waals surface area contributed by atoms with E-state index in [1.165, 1.54) is 4.88 Å². The number of carbonyl (C=O) groups is 2. The second-order valence-electron chi connectivity index (χ2n) is 8.67. The van der Waals surface area contributed by atoms with Gasteiger partial charge in [0.25, 0.3) is 5.91 Å². The Balaban J connectivity index is 1.14. The number of thiophene rings is 2. The molecular weight excluding hydrogens is 468 g/mol. The molecule has 2 aliphatic rings. The second-order valence-corrected chi connectivity index (χ2v) is 10.7. The fourth-order valence-corrected chi connectivity index (χ4v) is 6.08. The Morgan fingerprint density at radius 2 is 1.91 bits per heavy atom. The summed E-state index contributed by atoms with van der Waals surface area (Å²) in [4.78, 5) is 30.4. The minimum absolute atomic E-state index is 0.0150. The Labute approximate surface area is 207 Å². The first-order chi connectivity index (χ1) is 16.7. The van der Waals surface area contributed by atoms with Crippen LogP contribution >= 0.6 is 22.7 Å². The molecule has 5 heterocycles. The van der Waals surface area contributed by atoms with Crippen LogP contribution in [-0.4, -0.2) is 53.6 Å². The average molecular weight is 497 g/mol. The van der Waals surface area contributed by atoms with Gasteiger partial charge in [0.1, 0.15) is 11.5 Å². The standard InChI is InChI=1S/C25H28N4O3S2/c30-24(29-21(23-6-3-15-34-23)16-20(27-29)22-5-1-13-32-22)17-28-11-8-18(9-12-28)25(31)26-10-7-19-4-2-14-33-19/h1-6,13-15,18,21H,7-12,16-17H2,(H,26,31). The maximum Gasteiger partial charge on any atom is 0.257 e. The number of hydrogen-bond acceptors (Lipinski definition) is 7. The first kappa shape index (κ1) is 23.0. The van der Waals surface area contributed by atoms with Gasteiger partial charge in [-0.05, 0) is 67.4 Å². The molecule has 0 aromatic carbocycles. The lowest BCUT2D eigenvalue weighted by atomic mass is 9.96. The van der Waals surface area contributed by atoms with Gasteiger partial charge >= 0.3 is 0 Å². The SMILES string of the molecule is O=C(NCCc1cccs1)C1CCN(CC(=O)N2N=C(c3ccco3)CC2c2cccs2)CC1. The number of nitrogens with zero attached hydrogens (tertiary/aromatic N) is 3. The summed E-state index contributed by atoms with van der Waals surface area (Å²) in [5.41, 5.74) is 0.801. The first-order valence-electron chi connectivity index (χ1n) is 11.7. The quantitative estimate of drug-likeness (QED) is 0.508. The van der Waals surface area contributed by atoms with Crippen LogP contribution in [0, 0.1) is 5.92 Å². The van der Waals surface area contributed by atoms with E-state index in [1.807, 2.05) is 29.6 Å². The Morgan fingerprint density at radius 3 is 2.62 bits per heavy atom. The van der Waals surface area contributed by atoms with E-state index in [0.29, 0.717) is 25.3 Å². The number of hydrazone groups is 1. The van der Waals surface area contributed by atoms with Gasteiger partial charge in [-0.25, -0.2) is 5.01 Å². The maximum atomic E-state index is 13.3. The van der Waals surface area contributed by atoms with Crippen molar-refractivity contribution in [1.29, 1.82) is 0 Å². The van der Waals surface area contributed by atoms with E-state index in [2.05, 4.69) is 32.8 Å². The number of carbonyl (C=O) groups excluding carboxylic acids is 2.